The topological polar surface area (TPSA) is 73.5 Å². The number of unbranched alkanes of at least 4 members (excludes halogenated alkanes) is 1. The summed E-state index contributed by atoms with van der Waals surface area (Å²) in [6, 6.07) is 12.5. The summed E-state index contributed by atoms with van der Waals surface area (Å²) < 4.78 is 0.945. The molecule has 0 radical (unpaired) electrons. The normalized spacial score (nSPS) is 10.6. The van der Waals surface area contributed by atoms with E-state index in [4.69, 9.17) is 12.2 Å². The van der Waals surface area contributed by atoms with E-state index < -0.39 is 0 Å². The van der Waals surface area contributed by atoms with Crippen LogP contribution in [0.3, 0.4) is 0 Å². The minimum atomic E-state index is -0.277. The maximum atomic E-state index is 12.3. The summed E-state index contributed by atoms with van der Waals surface area (Å²) in [6.45, 7) is 2.90. The number of halogens is 1. The molecule has 0 atom stereocenters. The molecule has 2 aromatic rings. The van der Waals surface area contributed by atoms with Gasteiger partial charge >= 0.3 is 0 Å². The molecule has 0 unspecified atom stereocenters. The molecule has 2 amide bonds. The molecule has 0 bridgehead atoms. The van der Waals surface area contributed by atoms with Crippen LogP contribution in [0.15, 0.2) is 46.9 Å². The van der Waals surface area contributed by atoms with E-state index in [2.05, 4.69) is 36.8 Å². The number of aryl methyl sites for hydroxylation is 1. The van der Waals surface area contributed by atoms with Crippen molar-refractivity contribution in [2.24, 2.45) is 0 Å². The molecule has 0 saturated heterocycles. The lowest BCUT2D eigenvalue weighted by Gasteiger charge is -2.11. The molecule has 0 aliphatic rings. The van der Waals surface area contributed by atoms with Gasteiger partial charge in [-0.25, -0.2) is 0 Å². The highest BCUT2D eigenvalue weighted by Crippen LogP contribution is 2.17. The fourth-order valence-corrected chi connectivity index (χ4v) is 3.15. The predicted octanol–water partition coefficient (Wildman–Crippen LogP) is 4.55. The van der Waals surface area contributed by atoms with E-state index in [0.29, 0.717) is 12.0 Å². The van der Waals surface area contributed by atoms with Crippen molar-refractivity contribution in [3.8, 4) is 0 Å². The summed E-state index contributed by atoms with van der Waals surface area (Å²) in [5.74, 6) is -0.275. The third-order valence-electron chi connectivity index (χ3n) is 4.33. The molecule has 8 heteroatoms. The van der Waals surface area contributed by atoms with Crippen LogP contribution in [-0.4, -0.2) is 42.5 Å². The van der Waals surface area contributed by atoms with Gasteiger partial charge in [0.05, 0.1) is 0 Å². The quantitative estimate of drug-likeness (QED) is 0.373. The van der Waals surface area contributed by atoms with Crippen LogP contribution in [0.4, 0.5) is 11.4 Å². The smallest absolute Gasteiger partial charge is 0.257 e. The van der Waals surface area contributed by atoms with Crippen LogP contribution in [0.2, 0.25) is 0 Å². The Morgan fingerprint density at radius 2 is 1.63 bits per heavy atom. The van der Waals surface area contributed by atoms with Crippen molar-refractivity contribution in [1.82, 2.24) is 10.2 Å². The SMILES string of the molecule is Cc1cc(C(=O)NC(=S)Nc2ccc(NC(=O)CCCCN(C)C)cc2)ccc1Br. The van der Waals surface area contributed by atoms with Crippen molar-refractivity contribution >= 4 is 56.4 Å². The molecule has 0 aliphatic heterocycles. The second kappa shape index (κ2) is 11.8. The third kappa shape index (κ3) is 8.22. The maximum Gasteiger partial charge on any atom is 0.257 e. The largest absolute Gasteiger partial charge is 0.332 e. The van der Waals surface area contributed by atoms with Crippen LogP contribution in [0.1, 0.15) is 35.2 Å². The van der Waals surface area contributed by atoms with Gasteiger partial charge in [0.2, 0.25) is 5.91 Å². The summed E-state index contributed by atoms with van der Waals surface area (Å²) in [5.41, 5.74) is 2.94. The van der Waals surface area contributed by atoms with Crippen LogP contribution < -0.4 is 16.0 Å². The van der Waals surface area contributed by atoms with Gasteiger partial charge < -0.3 is 15.5 Å². The van der Waals surface area contributed by atoms with Gasteiger partial charge in [-0.1, -0.05) is 15.9 Å². The third-order valence-corrected chi connectivity index (χ3v) is 5.43. The van der Waals surface area contributed by atoms with Crippen molar-refractivity contribution in [2.75, 3.05) is 31.3 Å². The first-order valence-electron chi connectivity index (χ1n) is 9.67. The lowest BCUT2D eigenvalue weighted by atomic mass is 10.1. The van der Waals surface area contributed by atoms with E-state index in [9.17, 15) is 9.59 Å². The zero-order chi connectivity index (χ0) is 22.1. The molecular formula is C22H27BrN4O2S. The lowest BCUT2D eigenvalue weighted by Crippen LogP contribution is -2.34. The van der Waals surface area contributed by atoms with E-state index >= 15 is 0 Å². The Kier molecular flexibility index (Phi) is 9.42. The molecule has 3 N–H and O–H groups in total. The van der Waals surface area contributed by atoms with Crippen molar-refractivity contribution in [2.45, 2.75) is 26.2 Å². The van der Waals surface area contributed by atoms with Gasteiger partial charge in [0.25, 0.3) is 5.91 Å². The molecule has 0 saturated carbocycles. The second-order valence-corrected chi connectivity index (χ2v) is 8.52. The number of anilines is 2. The van der Waals surface area contributed by atoms with Crippen LogP contribution in [-0.2, 0) is 4.79 Å². The first-order valence-corrected chi connectivity index (χ1v) is 10.9. The molecule has 0 aromatic heterocycles. The predicted molar refractivity (Wildman–Crippen MR) is 130 cm³/mol. The van der Waals surface area contributed by atoms with Gasteiger partial charge in [-0.3, -0.25) is 14.9 Å². The highest BCUT2D eigenvalue weighted by molar-refractivity contribution is 9.10. The average Bonchev–Trinajstić information content (AvgIpc) is 2.68. The number of hydrogen-bond donors (Lipinski definition) is 3. The van der Waals surface area contributed by atoms with Gasteiger partial charge in [-0.2, -0.15) is 0 Å². The van der Waals surface area contributed by atoms with Crippen molar-refractivity contribution in [1.29, 1.82) is 0 Å². The summed E-state index contributed by atoms with van der Waals surface area (Å²) in [5, 5.41) is 8.74. The Balaban J connectivity index is 1.80. The van der Waals surface area contributed by atoms with E-state index in [1.54, 1.807) is 36.4 Å². The Morgan fingerprint density at radius 1 is 1.00 bits per heavy atom. The molecule has 0 aliphatic carbocycles. The molecule has 2 aromatic carbocycles. The summed E-state index contributed by atoms with van der Waals surface area (Å²) in [7, 11) is 4.04. The highest BCUT2D eigenvalue weighted by atomic mass is 79.9. The van der Waals surface area contributed by atoms with Crippen LogP contribution in [0.5, 0.6) is 0 Å². The number of rotatable bonds is 8. The Labute approximate surface area is 191 Å². The zero-order valence-corrected chi connectivity index (χ0v) is 19.8. The van der Waals surface area contributed by atoms with E-state index in [0.717, 1.165) is 40.8 Å². The van der Waals surface area contributed by atoms with Gasteiger partial charge in [-0.15, -0.1) is 0 Å². The van der Waals surface area contributed by atoms with Gasteiger partial charge in [0.1, 0.15) is 0 Å². The monoisotopic (exact) mass is 490 g/mol. The summed E-state index contributed by atoms with van der Waals surface area (Å²) in [4.78, 5) is 26.4. The Morgan fingerprint density at radius 3 is 2.23 bits per heavy atom. The number of benzene rings is 2. The number of hydrogen-bond acceptors (Lipinski definition) is 4. The number of amides is 2. The summed E-state index contributed by atoms with van der Waals surface area (Å²) >= 11 is 8.64. The molecule has 0 spiro atoms. The number of carbonyl (C=O) groups is 2. The van der Waals surface area contributed by atoms with Gasteiger partial charge in [-0.05, 0) is 101 Å². The van der Waals surface area contributed by atoms with E-state index in [-0.39, 0.29) is 16.9 Å². The molecule has 2 rings (SSSR count). The Hall–Kier alpha value is -2.29. The van der Waals surface area contributed by atoms with Crippen LogP contribution in [0, 0.1) is 6.92 Å². The minimum absolute atomic E-state index is 0.00189. The molecule has 0 heterocycles. The highest BCUT2D eigenvalue weighted by Gasteiger charge is 2.09. The van der Waals surface area contributed by atoms with Gasteiger partial charge in [0, 0.05) is 27.8 Å². The van der Waals surface area contributed by atoms with Crippen LogP contribution >= 0.6 is 28.1 Å². The molecule has 160 valence electrons. The zero-order valence-electron chi connectivity index (χ0n) is 17.4. The average molecular weight is 491 g/mol. The molecule has 6 nitrogen and oxygen atoms in total. The lowest BCUT2D eigenvalue weighted by molar-refractivity contribution is -0.116. The summed E-state index contributed by atoms with van der Waals surface area (Å²) in [6.07, 6.45) is 2.35. The first-order chi connectivity index (χ1) is 14.2. The molecule has 0 fully saturated rings. The standard InChI is InChI=1S/C22H27BrN4O2S/c1-15-14-16(7-12-19(15)23)21(29)26-22(30)25-18-10-8-17(9-11-18)24-20(28)6-4-5-13-27(2)3/h7-12,14H,4-6,13H2,1-3H3,(H,24,28)(H2,25,26,29,30). The first kappa shape index (κ1) is 24.0. The van der Waals surface area contributed by atoms with Crippen molar-refractivity contribution in [3.05, 3.63) is 58.1 Å². The van der Waals surface area contributed by atoms with Crippen molar-refractivity contribution < 1.29 is 9.59 Å². The minimum Gasteiger partial charge on any atom is -0.332 e. The number of thiocarbonyl (C=S) groups is 1. The number of carbonyl (C=O) groups excluding carboxylic acids is 2. The van der Waals surface area contributed by atoms with Crippen molar-refractivity contribution in [3.63, 3.8) is 0 Å². The molecular weight excluding hydrogens is 464 g/mol. The van der Waals surface area contributed by atoms with Crippen LogP contribution in [0.25, 0.3) is 0 Å². The van der Waals surface area contributed by atoms with E-state index in [1.807, 2.05) is 27.1 Å². The molecule has 30 heavy (non-hydrogen) atoms. The number of nitrogens with one attached hydrogen (secondary N) is 3. The van der Waals surface area contributed by atoms with E-state index in [1.165, 1.54) is 0 Å². The second-order valence-electron chi connectivity index (χ2n) is 7.26. The fourth-order valence-electron chi connectivity index (χ4n) is 2.70. The fraction of sp³-hybridized carbons (Fsp3) is 0.318. The Bertz CT molecular complexity index is 901. The number of nitrogens with zero attached hydrogens (tertiary/aromatic N) is 1. The maximum absolute atomic E-state index is 12.3. The van der Waals surface area contributed by atoms with Gasteiger partial charge in [0.15, 0.2) is 5.11 Å².